The molecule has 0 aliphatic heterocycles. The van der Waals surface area contributed by atoms with Gasteiger partial charge in [0.25, 0.3) is 5.91 Å². The van der Waals surface area contributed by atoms with Gasteiger partial charge >= 0.3 is 0 Å². The average Bonchev–Trinajstić information content (AvgIpc) is 2.17. The summed E-state index contributed by atoms with van der Waals surface area (Å²) in [6, 6.07) is 11.1. The minimum Gasteiger partial charge on any atom is -0.484 e. The van der Waals surface area contributed by atoms with Crippen LogP contribution in [0.3, 0.4) is 0 Å². The van der Waals surface area contributed by atoms with Crippen molar-refractivity contribution < 1.29 is 9.53 Å². The van der Waals surface area contributed by atoms with E-state index in [0.717, 1.165) is 0 Å². The Morgan fingerprint density at radius 3 is 2.77 bits per heavy atom. The third kappa shape index (κ3) is 3.30. The Morgan fingerprint density at radius 1 is 1.46 bits per heavy atom. The van der Waals surface area contributed by atoms with Crippen LogP contribution in [0.1, 0.15) is 0 Å². The lowest BCUT2D eigenvalue weighted by molar-refractivity contribution is -0.121. The molecule has 1 N–H and O–H groups in total. The van der Waals surface area contributed by atoms with Crippen LogP contribution in [0.25, 0.3) is 0 Å². The predicted octanol–water partition coefficient (Wildman–Crippen LogP) is 0.772. The van der Waals surface area contributed by atoms with Crippen LogP contribution in [0.2, 0.25) is 0 Å². The molecule has 3 nitrogen and oxygen atoms in total. The number of ether oxygens (including phenoxy) is 1. The van der Waals surface area contributed by atoms with Gasteiger partial charge in [0, 0.05) is 6.04 Å². The first-order chi connectivity index (χ1) is 6.33. The van der Waals surface area contributed by atoms with Crippen LogP contribution in [0, 0.1) is 12.5 Å². The number of terminal acetylenes is 1. The summed E-state index contributed by atoms with van der Waals surface area (Å²) >= 11 is 0. The average molecular weight is 175 g/mol. The van der Waals surface area contributed by atoms with Gasteiger partial charge in [0.15, 0.2) is 6.61 Å². The van der Waals surface area contributed by atoms with E-state index in [9.17, 15) is 4.79 Å². The monoisotopic (exact) mass is 175 g/mol. The van der Waals surface area contributed by atoms with E-state index >= 15 is 0 Å². The van der Waals surface area contributed by atoms with Crippen molar-refractivity contribution in [3.05, 3.63) is 30.3 Å². The Kier molecular flexibility index (Phi) is 3.40. The van der Waals surface area contributed by atoms with E-state index < -0.39 is 0 Å². The predicted molar refractivity (Wildman–Crippen MR) is 48.9 cm³/mol. The molecule has 1 aromatic rings. The van der Waals surface area contributed by atoms with E-state index in [-0.39, 0.29) is 12.5 Å². The molecule has 3 heteroatoms. The van der Waals surface area contributed by atoms with E-state index in [2.05, 4.69) is 5.32 Å². The summed E-state index contributed by atoms with van der Waals surface area (Å²) in [5, 5.41) is 2.18. The Balaban J connectivity index is 2.36. The van der Waals surface area contributed by atoms with Gasteiger partial charge in [0.05, 0.1) is 0 Å². The largest absolute Gasteiger partial charge is 0.484 e. The first kappa shape index (κ1) is 9.14. The third-order valence-electron chi connectivity index (χ3n) is 1.32. The van der Waals surface area contributed by atoms with Crippen LogP contribution in [0.5, 0.6) is 5.75 Å². The molecule has 0 spiro atoms. The van der Waals surface area contributed by atoms with Gasteiger partial charge in [0.1, 0.15) is 5.75 Å². The highest BCUT2D eigenvalue weighted by atomic mass is 16.5. The van der Waals surface area contributed by atoms with E-state index in [1.165, 1.54) is 0 Å². The van der Waals surface area contributed by atoms with Crippen molar-refractivity contribution in [3.8, 4) is 18.2 Å². The molecule has 0 radical (unpaired) electrons. The zero-order valence-electron chi connectivity index (χ0n) is 6.99. The Morgan fingerprint density at radius 2 is 2.15 bits per heavy atom. The fourth-order valence-electron chi connectivity index (χ4n) is 0.782. The van der Waals surface area contributed by atoms with Crippen molar-refractivity contribution in [2.75, 3.05) is 6.61 Å². The lowest BCUT2D eigenvalue weighted by Crippen LogP contribution is -2.24. The topological polar surface area (TPSA) is 38.3 Å². The van der Waals surface area contributed by atoms with Crippen LogP contribution >= 0.6 is 0 Å². The van der Waals surface area contributed by atoms with Gasteiger partial charge in [-0.2, -0.15) is 0 Å². The quantitative estimate of drug-likeness (QED) is 0.544. The number of hydrogen-bond acceptors (Lipinski definition) is 2. The smallest absolute Gasteiger partial charge is 0.269 e. The number of rotatable bonds is 3. The van der Waals surface area contributed by atoms with E-state index in [1.54, 1.807) is 12.1 Å². The Labute approximate surface area is 76.7 Å². The van der Waals surface area contributed by atoms with Gasteiger partial charge in [-0.05, 0) is 12.1 Å². The van der Waals surface area contributed by atoms with Crippen LogP contribution in [-0.4, -0.2) is 12.5 Å². The molecule has 0 aliphatic carbocycles. The van der Waals surface area contributed by atoms with Crippen molar-refractivity contribution in [2.24, 2.45) is 0 Å². The first-order valence-corrected chi connectivity index (χ1v) is 3.75. The molecule has 0 saturated carbocycles. The molecule has 0 saturated heterocycles. The zero-order valence-corrected chi connectivity index (χ0v) is 6.99. The minimum atomic E-state index is -0.327. The number of nitrogens with one attached hydrogen (secondary N) is 1. The van der Waals surface area contributed by atoms with Crippen molar-refractivity contribution in [1.29, 1.82) is 0 Å². The molecule has 66 valence electrons. The maximum absolute atomic E-state index is 10.8. The summed E-state index contributed by atoms with van der Waals surface area (Å²) in [4.78, 5) is 10.8. The summed E-state index contributed by atoms with van der Waals surface area (Å²) in [6.45, 7) is -0.0613. The maximum Gasteiger partial charge on any atom is 0.269 e. The molecule has 13 heavy (non-hydrogen) atoms. The fourth-order valence-corrected chi connectivity index (χ4v) is 0.782. The summed E-state index contributed by atoms with van der Waals surface area (Å²) < 4.78 is 5.11. The van der Waals surface area contributed by atoms with Gasteiger partial charge in [-0.3, -0.25) is 10.1 Å². The van der Waals surface area contributed by atoms with Crippen molar-refractivity contribution in [2.45, 2.75) is 0 Å². The normalized spacial score (nSPS) is 8.54. The van der Waals surface area contributed by atoms with Crippen molar-refractivity contribution in [1.82, 2.24) is 5.32 Å². The van der Waals surface area contributed by atoms with Gasteiger partial charge < -0.3 is 4.74 Å². The van der Waals surface area contributed by atoms with Gasteiger partial charge in [-0.15, -0.1) is 0 Å². The van der Waals surface area contributed by atoms with Crippen LogP contribution in [-0.2, 0) is 4.79 Å². The molecular weight excluding hydrogens is 166 g/mol. The second-order valence-corrected chi connectivity index (χ2v) is 2.29. The second-order valence-electron chi connectivity index (χ2n) is 2.29. The molecule has 0 fully saturated rings. The number of benzene rings is 1. The SMILES string of the molecule is C#CNC(=O)COc1ccccc1. The molecule has 0 aliphatic rings. The molecule has 0 atom stereocenters. The lowest BCUT2D eigenvalue weighted by Gasteiger charge is -2.02. The molecular formula is C10H9NO2. The number of para-hydroxylation sites is 1. The van der Waals surface area contributed by atoms with Gasteiger partial charge in [-0.25, -0.2) is 0 Å². The summed E-state index contributed by atoms with van der Waals surface area (Å²) in [5.74, 6) is 0.320. The molecule has 0 unspecified atom stereocenters. The van der Waals surface area contributed by atoms with E-state index in [0.29, 0.717) is 5.75 Å². The fraction of sp³-hybridized carbons (Fsp3) is 0.100. The van der Waals surface area contributed by atoms with Gasteiger partial charge in [-0.1, -0.05) is 24.6 Å². The third-order valence-corrected chi connectivity index (χ3v) is 1.32. The highest BCUT2D eigenvalue weighted by Crippen LogP contribution is 2.07. The lowest BCUT2D eigenvalue weighted by atomic mass is 10.3. The molecule has 1 rings (SSSR count). The number of carbonyl (C=O) groups excluding carboxylic acids is 1. The zero-order chi connectivity index (χ0) is 9.52. The Hall–Kier alpha value is -1.95. The molecule has 0 aromatic heterocycles. The van der Waals surface area contributed by atoms with Crippen LogP contribution in [0.15, 0.2) is 30.3 Å². The summed E-state index contributed by atoms with van der Waals surface area (Å²) in [7, 11) is 0. The standard InChI is InChI=1S/C10H9NO2/c1-2-11-10(12)8-13-9-6-4-3-5-7-9/h1,3-7H,8H2,(H,11,12). The van der Waals surface area contributed by atoms with Crippen LogP contribution < -0.4 is 10.1 Å². The molecule has 0 bridgehead atoms. The number of amides is 1. The summed E-state index contributed by atoms with van der Waals surface area (Å²) in [6.07, 6.45) is 4.86. The molecule has 1 amide bonds. The number of carbonyl (C=O) groups is 1. The highest BCUT2D eigenvalue weighted by Gasteiger charge is 1.98. The van der Waals surface area contributed by atoms with E-state index in [1.807, 2.05) is 24.2 Å². The minimum absolute atomic E-state index is 0.0613. The van der Waals surface area contributed by atoms with Gasteiger partial charge in [0.2, 0.25) is 0 Å². The second kappa shape index (κ2) is 4.83. The number of hydrogen-bond donors (Lipinski definition) is 1. The van der Waals surface area contributed by atoms with Crippen molar-refractivity contribution >= 4 is 5.91 Å². The van der Waals surface area contributed by atoms with Crippen LogP contribution in [0.4, 0.5) is 0 Å². The molecule has 0 heterocycles. The highest BCUT2D eigenvalue weighted by molar-refractivity contribution is 5.79. The van der Waals surface area contributed by atoms with Crippen molar-refractivity contribution in [3.63, 3.8) is 0 Å². The first-order valence-electron chi connectivity index (χ1n) is 3.75. The summed E-state index contributed by atoms with van der Waals surface area (Å²) in [5.41, 5.74) is 0. The Bertz CT molecular complexity index is 313. The van der Waals surface area contributed by atoms with E-state index in [4.69, 9.17) is 11.2 Å². The molecule has 1 aromatic carbocycles. The maximum atomic E-state index is 10.8.